The van der Waals surface area contributed by atoms with Crippen LogP contribution in [-0.2, 0) is 11.4 Å². The van der Waals surface area contributed by atoms with Crippen LogP contribution in [0, 0.1) is 12.7 Å². The van der Waals surface area contributed by atoms with Crippen molar-refractivity contribution in [1.82, 2.24) is 10.3 Å². The summed E-state index contributed by atoms with van der Waals surface area (Å²) in [7, 11) is 0. The third kappa shape index (κ3) is 5.80. The Morgan fingerprint density at radius 2 is 1.96 bits per heavy atom. The molecule has 0 bridgehead atoms. The normalized spacial score (nSPS) is 11.2. The molecular formula is C18H21FN2O4S. The van der Waals surface area contributed by atoms with Crippen molar-refractivity contribution >= 4 is 23.2 Å². The zero-order chi connectivity index (χ0) is 19.3. The van der Waals surface area contributed by atoms with E-state index in [2.05, 4.69) is 10.3 Å². The van der Waals surface area contributed by atoms with Crippen LogP contribution in [0.15, 0.2) is 24.3 Å². The number of ether oxygens (including phenoxy) is 1. The SMILES string of the molecule is Cc1nc(COc2ccc(F)cc2)sc1C(=O)NC(C)(C)CCC(=O)O. The Labute approximate surface area is 155 Å². The average Bonchev–Trinajstić information content (AvgIpc) is 2.93. The topological polar surface area (TPSA) is 88.5 Å². The van der Waals surface area contributed by atoms with Crippen molar-refractivity contribution in [2.24, 2.45) is 0 Å². The van der Waals surface area contributed by atoms with Gasteiger partial charge in [0, 0.05) is 12.0 Å². The number of hydrogen-bond acceptors (Lipinski definition) is 5. The number of rotatable bonds is 8. The fourth-order valence-corrected chi connectivity index (χ4v) is 3.12. The van der Waals surface area contributed by atoms with Crippen LogP contribution < -0.4 is 10.1 Å². The number of aliphatic carboxylic acids is 1. The summed E-state index contributed by atoms with van der Waals surface area (Å²) < 4.78 is 18.4. The van der Waals surface area contributed by atoms with Gasteiger partial charge in [0.15, 0.2) is 0 Å². The predicted octanol–water partition coefficient (Wildman–Crippen LogP) is 3.54. The molecule has 2 aromatic rings. The third-order valence-electron chi connectivity index (χ3n) is 3.64. The van der Waals surface area contributed by atoms with E-state index in [9.17, 15) is 14.0 Å². The first-order chi connectivity index (χ1) is 12.2. The summed E-state index contributed by atoms with van der Waals surface area (Å²) in [5.74, 6) is -1.02. The molecule has 1 amide bonds. The second-order valence-corrected chi connectivity index (χ2v) is 7.58. The Kier molecular flexibility index (Phi) is 6.31. The van der Waals surface area contributed by atoms with Gasteiger partial charge < -0.3 is 15.2 Å². The lowest BCUT2D eigenvalue weighted by atomic mass is 9.98. The van der Waals surface area contributed by atoms with E-state index in [1.54, 1.807) is 20.8 Å². The first-order valence-corrected chi connectivity index (χ1v) is 8.87. The summed E-state index contributed by atoms with van der Waals surface area (Å²) in [6, 6.07) is 5.66. The largest absolute Gasteiger partial charge is 0.486 e. The van der Waals surface area contributed by atoms with Gasteiger partial charge in [-0.25, -0.2) is 9.37 Å². The van der Waals surface area contributed by atoms with Gasteiger partial charge in [-0.2, -0.15) is 0 Å². The third-order valence-corrected chi connectivity index (χ3v) is 4.77. The summed E-state index contributed by atoms with van der Waals surface area (Å²) in [6.07, 6.45) is 0.304. The number of benzene rings is 1. The van der Waals surface area contributed by atoms with E-state index in [0.29, 0.717) is 27.7 Å². The average molecular weight is 380 g/mol. The number of carbonyl (C=O) groups excluding carboxylic acids is 1. The lowest BCUT2D eigenvalue weighted by molar-refractivity contribution is -0.137. The zero-order valence-corrected chi connectivity index (χ0v) is 15.7. The van der Waals surface area contributed by atoms with Gasteiger partial charge in [0.25, 0.3) is 5.91 Å². The monoisotopic (exact) mass is 380 g/mol. The lowest BCUT2D eigenvalue weighted by Gasteiger charge is -2.25. The number of carboxylic acid groups (broad SMARTS) is 1. The van der Waals surface area contributed by atoms with Gasteiger partial charge in [-0.3, -0.25) is 9.59 Å². The van der Waals surface area contributed by atoms with Crippen LogP contribution in [0.2, 0.25) is 0 Å². The van der Waals surface area contributed by atoms with E-state index in [4.69, 9.17) is 9.84 Å². The quantitative estimate of drug-likeness (QED) is 0.731. The summed E-state index contributed by atoms with van der Waals surface area (Å²) in [5.41, 5.74) is -0.0596. The minimum atomic E-state index is -0.901. The van der Waals surface area contributed by atoms with E-state index in [0.717, 1.165) is 0 Å². The minimum Gasteiger partial charge on any atom is -0.486 e. The molecule has 0 spiro atoms. The number of nitrogens with one attached hydrogen (secondary N) is 1. The number of aromatic nitrogens is 1. The van der Waals surface area contributed by atoms with Crippen LogP contribution in [0.4, 0.5) is 4.39 Å². The highest BCUT2D eigenvalue weighted by atomic mass is 32.1. The molecule has 0 fully saturated rings. The Bertz CT molecular complexity index is 787. The van der Waals surface area contributed by atoms with E-state index in [1.165, 1.54) is 35.6 Å². The molecule has 6 nitrogen and oxygen atoms in total. The molecule has 0 radical (unpaired) electrons. The number of hydrogen-bond donors (Lipinski definition) is 2. The van der Waals surface area contributed by atoms with Gasteiger partial charge in [-0.15, -0.1) is 11.3 Å². The standard InChI is InChI=1S/C18H21FN2O4S/c1-11-16(17(24)21-18(2,3)9-8-15(22)23)26-14(20-11)10-25-13-6-4-12(19)5-7-13/h4-7H,8-10H2,1-3H3,(H,21,24)(H,22,23). The molecule has 8 heteroatoms. The number of thiazole rings is 1. The molecule has 1 aromatic heterocycles. The first kappa shape index (κ1) is 19.8. The highest BCUT2D eigenvalue weighted by Crippen LogP contribution is 2.22. The van der Waals surface area contributed by atoms with E-state index >= 15 is 0 Å². The molecule has 0 saturated carbocycles. The molecular weight excluding hydrogens is 359 g/mol. The van der Waals surface area contributed by atoms with Crippen LogP contribution in [0.25, 0.3) is 0 Å². The summed E-state index contributed by atoms with van der Waals surface area (Å²) in [5, 5.41) is 12.3. The van der Waals surface area contributed by atoms with E-state index in [1.807, 2.05) is 0 Å². The molecule has 1 heterocycles. The smallest absolute Gasteiger partial charge is 0.303 e. The van der Waals surface area contributed by atoms with Gasteiger partial charge in [-0.05, 0) is 51.5 Å². The number of carboxylic acids is 1. The van der Waals surface area contributed by atoms with Crippen molar-refractivity contribution in [2.75, 3.05) is 0 Å². The number of nitrogens with zero attached hydrogens (tertiary/aromatic N) is 1. The zero-order valence-electron chi connectivity index (χ0n) is 14.8. The molecule has 2 rings (SSSR count). The number of aryl methyl sites for hydroxylation is 1. The fraction of sp³-hybridized carbons (Fsp3) is 0.389. The maximum atomic E-state index is 12.9. The van der Waals surface area contributed by atoms with Crippen LogP contribution >= 0.6 is 11.3 Å². The van der Waals surface area contributed by atoms with E-state index in [-0.39, 0.29) is 24.8 Å². The second kappa shape index (κ2) is 8.27. The second-order valence-electron chi connectivity index (χ2n) is 6.50. The van der Waals surface area contributed by atoms with Crippen molar-refractivity contribution in [1.29, 1.82) is 0 Å². The summed E-state index contributed by atoms with van der Waals surface area (Å²) >= 11 is 1.22. The highest BCUT2D eigenvalue weighted by molar-refractivity contribution is 7.13. The Hall–Kier alpha value is -2.48. The van der Waals surface area contributed by atoms with Crippen LogP contribution in [0.5, 0.6) is 5.75 Å². The lowest BCUT2D eigenvalue weighted by Crippen LogP contribution is -2.43. The maximum absolute atomic E-state index is 12.9. The minimum absolute atomic E-state index is 0.0221. The van der Waals surface area contributed by atoms with Gasteiger partial charge in [0.2, 0.25) is 0 Å². The maximum Gasteiger partial charge on any atom is 0.303 e. The molecule has 0 aliphatic rings. The fourth-order valence-electron chi connectivity index (χ4n) is 2.25. The van der Waals surface area contributed by atoms with Crippen molar-refractivity contribution in [3.05, 3.63) is 45.7 Å². The summed E-state index contributed by atoms with van der Waals surface area (Å²) in [4.78, 5) is 28.0. The van der Waals surface area contributed by atoms with Crippen LogP contribution in [0.1, 0.15) is 47.1 Å². The molecule has 140 valence electrons. The molecule has 0 unspecified atom stereocenters. The van der Waals surface area contributed by atoms with Crippen molar-refractivity contribution in [3.63, 3.8) is 0 Å². The number of amides is 1. The predicted molar refractivity (Wildman–Crippen MR) is 96.0 cm³/mol. The molecule has 1 aromatic carbocycles. The van der Waals surface area contributed by atoms with Gasteiger partial charge in [0.05, 0.1) is 5.69 Å². The molecule has 2 N–H and O–H groups in total. The Balaban J connectivity index is 1.98. The van der Waals surface area contributed by atoms with Crippen LogP contribution in [-0.4, -0.2) is 27.5 Å². The summed E-state index contributed by atoms with van der Waals surface area (Å²) in [6.45, 7) is 5.47. The number of carbonyl (C=O) groups is 2. The molecule has 0 aliphatic heterocycles. The molecule has 0 saturated heterocycles. The Morgan fingerprint density at radius 3 is 2.58 bits per heavy atom. The molecule has 0 atom stereocenters. The first-order valence-electron chi connectivity index (χ1n) is 8.05. The van der Waals surface area contributed by atoms with Crippen molar-refractivity contribution < 1.29 is 23.8 Å². The van der Waals surface area contributed by atoms with Gasteiger partial charge in [0.1, 0.15) is 28.1 Å². The molecule has 26 heavy (non-hydrogen) atoms. The highest BCUT2D eigenvalue weighted by Gasteiger charge is 2.24. The van der Waals surface area contributed by atoms with Gasteiger partial charge >= 0.3 is 5.97 Å². The van der Waals surface area contributed by atoms with Crippen molar-refractivity contribution in [3.8, 4) is 5.75 Å². The Morgan fingerprint density at radius 1 is 1.31 bits per heavy atom. The van der Waals surface area contributed by atoms with Gasteiger partial charge in [-0.1, -0.05) is 0 Å². The van der Waals surface area contributed by atoms with Crippen molar-refractivity contribution in [2.45, 2.75) is 45.8 Å². The van der Waals surface area contributed by atoms with Crippen LogP contribution in [0.3, 0.4) is 0 Å². The number of halogens is 1. The van der Waals surface area contributed by atoms with E-state index < -0.39 is 11.5 Å². The molecule has 0 aliphatic carbocycles.